The van der Waals surface area contributed by atoms with Gasteiger partial charge in [-0.25, -0.2) is 0 Å². The molecular weight excluding hydrogens is 424 g/mol. The van der Waals surface area contributed by atoms with Crippen molar-refractivity contribution in [1.29, 1.82) is 0 Å². The Hall–Kier alpha value is -4.01. The van der Waals surface area contributed by atoms with E-state index in [4.69, 9.17) is 14.2 Å². The molecule has 2 aromatic carbocycles. The molecule has 0 bridgehead atoms. The second-order valence-electron chi connectivity index (χ2n) is 7.38. The molecule has 0 radical (unpaired) electrons. The maximum atomic E-state index is 12.6. The first kappa shape index (κ1) is 23.6. The number of hydrogen-bond donors (Lipinski definition) is 1. The van der Waals surface area contributed by atoms with Crippen LogP contribution in [0, 0.1) is 0 Å². The number of carbonyl (C=O) groups excluding carboxylic acids is 2. The first-order chi connectivity index (χ1) is 15.9. The molecule has 9 heteroatoms. The van der Waals surface area contributed by atoms with Gasteiger partial charge in [0.05, 0.1) is 40.6 Å². The largest absolute Gasteiger partial charge is 0.493 e. The second kappa shape index (κ2) is 11.0. The van der Waals surface area contributed by atoms with E-state index in [9.17, 15) is 9.59 Å². The molecule has 0 saturated heterocycles. The zero-order valence-corrected chi connectivity index (χ0v) is 19.2. The molecule has 0 saturated carbocycles. The summed E-state index contributed by atoms with van der Waals surface area (Å²) in [5, 5.41) is 7.00. The first-order valence-corrected chi connectivity index (χ1v) is 10.3. The number of rotatable bonds is 10. The highest BCUT2D eigenvalue weighted by atomic mass is 16.5. The lowest BCUT2D eigenvalue weighted by atomic mass is 10.1. The zero-order chi connectivity index (χ0) is 23.8. The van der Waals surface area contributed by atoms with Crippen LogP contribution in [0.4, 0.5) is 0 Å². The third-order valence-electron chi connectivity index (χ3n) is 5.05. The number of methoxy groups -OCH3 is 3. The summed E-state index contributed by atoms with van der Waals surface area (Å²) in [6.45, 7) is 0.890. The molecule has 33 heavy (non-hydrogen) atoms. The Bertz CT molecular complexity index is 1070. The number of nitrogens with one attached hydrogen (secondary N) is 1. The number of hydrogen-bond acceptors (Lipinski definition) is 6. The Labute approximate surface area is 192 Å². The van der Waals surface area contributed by atoms with E-state index in [2.05, 4.69) is 10.4 Å². The summed E-state index contributed by atoms with van der Waals surface area (Å²) >= 11 is 0. The van der Waals surface area contributed by atoms with Crippen LogP contribution >= 0.6 is 0 Å². The fourth-order valence-electron chi connectivity index (χ4n) is 3.31. The molecule has 174 valence electrons. The summed E-state index contributed by atoms with van der Waals surface area (Å²) < 4.78 is 17.6. The van der Waals surface area contributed by atoms with Gasteiger partial charge in [-0.2, -0.15) is 5.10 Å². The molecule has 3 rings (SSSR count). The highest BCUT2D eigenvalue weighted by molar-refractivity contribution is 5.97. The summed E-state index contributed by atoms with van der Waals surface area (Å²) in [5.41, 5.74) is 2.34. The number of carbonyl (C=O) groups is 2. The van der Waals surface area contributed by atoms with Gasteiger partial charge in [0, 0.05) is 30.9 Å². The third-order valence-corrected chi connectivity index (χ3v) is 5.05. The van der Waals surface area contributed by atoms with Crippen LogP contribution in [0.2, 0.25) is 0 Å². The zero-order valence-electron chi connectivity index (χ0n) is 19.2. The van der Waals surface area contributed by atoms with Crippen LogP contribution < -0.4 is 19.5 Å². The molecule has 1 aromatic heterocycles. The van der Waals surface area contributed by atoms with Gasteiger partial charge >= 0.3 is 0 Å². The average molecular weight is 453 g/mol. The van der Waals surface area contributed by atoms with Gasteiger partial charge in [-0.15, -0.1) is 0 Å². The number of nitrogens with zero attached hydrogens (tertiary/aromatic N) is 3. The highest BCUT2D eigenvalue weighted by Gasteiger charge is 2.18. The molecule has 9 nitrogen and oxygen atoms in total. The van der Waals surface area contributed by atoms with Crippen molar-refractivity contribution < 1.29 is 23.8 Å². The fourth-order valence-corrected chi connectivity index (χ4v) is 3.31. The Morgan fingerprint density at radius 1 is 1.00 bits per heavy atom. The van der Waals surface area contributed by atoms with E-state index in [0.29, 0.717) is 35.9 Å². The van der Waals surface area contributed by atoms with E-state index in [1.54, 1.807) is 18.1 Å². The van der Waals surface area contributed by atoms with Gasteiger partial charge in [-0.3, -0.25) is 14.3 Å². The second-order valence-corrected chi connectivity index (χ2v) is 7.38. The minimum Gasteiger partial charge on any atom is -0.493 e. The van der Waals surface area contributed by atoms with Gasteiger partial charge in [0.2, 0.25) is 11.7 Å². The standard InChI is InChI=1S/C24H28N4O5/c1-27(14-18-12-26-28(16-18)15-17-8-6-5-7-9-17)22(29)13-25-24(30)19-10-20(31-2)23(33-4)21(11-19)32-3/h5-12,16H,13-15H2,1-4H3,(H,25,30). The quantitative estimate of drug-likeness (QED) is 0.507. The minimum absolute atomic E-state index is 0.149. The SMILES string of the molecule is COc1cc(C(=O)NCC(=O)N(C)Cc2cnn(Cc3ccccc3)c2)cc(OC)c1OC. The number of ether oxygens (including phenoxy) is 3. The molecule has 2 amide bonds. The third kappa shape index (κ3) is 6.03. The predicted octanol–water partition coefficient (Wildman–Crippen LogP) is 2.35. The van der Waals surface area contributed by atoms with Crippen molar-refractivity contribution in [2.45, 2.75) is 13.1 Å². The summed E-state index contributed by atoms with van der Waals surface area (Å²) in [6.07, 6.45) is 3.65. The molecule has 0 fully saturated rings. The van der Waals surface area contributed by atoms with Crippen molar-refractivity contribution in [3.63, 3.8) is 0 Å². The van der Waals surface area contributed by atoms with Crippen LogP contribution in [-0.4, -0.2) is 61.4 Å². The van der Waals surface area contributed by atoms with E-state index in [0.717, 1.165) is 11.1 Å². The number of benzene rings is 2. The Morgan fingerprint density at radius 2 is 1.67 bits per heavy atom. The Morgan fingerprint density at radius 3 is 2.27 bits per heavy atom. The topological polar surface area (TPSA) is 94.9 Å². The molecular formula is C24H28N4O5. The van der Waals surface area contributed by atoms with E-state index >= 15 is 0 Å². The van der Waals surface area contributed by atoms with Crippen LogP contribution in [-0.2, 0) is 17.9 Å². The first-order valence-electron chi connectivity index (χ1n) is 10.3. The predicted molar refractivity (Wildman–Crippen MR) is 123 cm³/mol. The maximum absolute atomic E-state index is 12.6. The van der Waals surface area contributed by atoms with Gasteiger partial charge in [0.1, 0.15) is 0 Å². The smallest absolute Gasteiger partial charge is 0.251 e. The van der Waals surface area contributed by atoms with E-state index < -0.39 is 5.91 Å². The highest BCUT2D eigenvalue weighted by Crippen LogP contribution is 2.38. The molecule has 0 spiro atoms. The lowest BCUT2D eigenvalue weighted by Crippen LogP contribution is -2.37. The van der Waals surface area contributed by atoms with Crippen molar-refractivity contribution >= 4 is 11.8 Å². The lowest BCUT2D eigenvalue weighted by molar-refractivity contribution is -0.129. The Balaban J connectivity index is 1.56. The van der Waals surface area contributed by atoms with Crippen molar-refractivity contribution in [1.82, 2.24) is 20.0 Å². The molecule has 0 aliphatic rings. The Kier molecular flexibility index (Phi) is 7.91. The van der Waals surface area contributed by atoms with Gasteiger partial charge in [0.25, 0.3) is 5.91 Å². The van der Waals surface area contributed by atoms with Gasteiger partial charge in [-0.05, 0) is 17.7 Å². The van der Waals surface area contributed by atoms with Crippen LogP contribution in [0.1, 0.15) is 21.5 Å². The molecule has 0 aliphatic heterocycles. The van der Waals surface area contributed by atoms with Gasteiger partial charge < -0.3 is 24.4 Å². The molecule has 0 atom stereocenters. The summed E-state index contributed by atoms with van der Waals surface area (Å²) in [6, 6.07) is 13.1. The number of amides is 2. The van der Waals surface area contributed by atoms with Crippen LogP contribution in [0.3, 0.4) is 0 Å². The fraction of sp³-hybridized carbons (Fsp3) is 0.292. The van der Waals surface area contributed by atoms with E-state index in [1.807, 2.05) is 41.2 Å². The summed E-state index contributed by atoms with van der Waals surface area (Å²) in [5.74, 6) is 0.453. The lowest BCUT2D eigenvalue weighted by Gasteiger charge is -2.17. The number of aromatic nitrogens is 2. The van der Waals surface area contributed by atoms with Crippen LogP contribution in [0.5, 0.6) is 17.2 Å². The van der Waals surface area contributed by atoms with Crippen molar-refractivity contribution in [2.24, 2.45) is 0 Å². The monoisotopic (exact) mass is 452 g/mol. The molecule has 3 aromatic rings. The molecule has 1 N–H and O–H groups in total. The summed E-state index contributed by atoms with van der Waals surface area (Å²) in [4.78, 5) is 26.7. The van der Waals surface area contributed by atoms with Crippen molar-refractivity contribution in [3.05, 3.63) is 71.5 Å². The normalized spacial score (nSPS) is 10.4. The van der Waals surface area contributed by atoms with E-state index in [-0.39, 0.29) is 12.5 Å². The van der Waals surface area contributed by atoms with Crippen LogP contribution in [0.25, 0.3) is 0 Å². The van der Waals surface area contributed by atoms with E-state index in [1.165, 1.54) is 33.5 Å². The van der Waals surface area contributed by atoms with Crippen molar-refractivity contribution in [3.8, 4) is 17.2 Å². The molecule has 0 aliphatic carbocycles. The number of likely N-dealkylation sites (N-methyl/N-ethyl adjacent to an activating group) is 1. The van der Waals surface area contributed by atoms with Crippen molar-refractivity contribution in [2.75, 3.05) is 34.9 Å². The minimum atomic E-state index is -0.424. The molecule has 1 heterocycles. The van der Waals surface area contributed by atoms with Gasteiger partial charge in [-0.1, -0.05) is 30.3 Å². The average Bonchev–Trinajstić information content (AvgIpc) is 3.28. The summed E-state index contributed by atoms with van der Waals surface area (Å²) in [7, 11) is 6.11. The van der Waals surface area contributed by atoms with Crippen LogP contribution in [0.15, 0.2) is 54.9 Å². The maximum Gasteiger partial charge on any atom is 0.251 e. The molecule has 0 unspecified atom stereocenters. The van der Waals surface area contributed by atoms with Gasteiger partial charge in [0.15, 0.2) is 11.5 Å².